The highest BCUT2D eigenvalue weighted by Crippen LogP contribution is 2.45. The molecular weight excluding hydrogens is 573 g/mol. The van der Waals surface area contributed by atoms with Crippen LogP contribution in [0.1, 0.15) is 0 Å². The number of para-hydroxylation sites is 6. The molecule has 0 radical (unpaired) electrons. The molecule has 0 fully saturated rings. The molecule has 11 rings (SSSR count). The van der Waals surface area contributed by atoms with Gasteiger partial charge in [-0.25, -0.2) is 4.98 Å². The second-order valence-corrected chi connectivity index (χ2v) is 12.4. The van der Waals surface area contributed by atoms with Crippen molar-refractivity contribution in [2.75, 3.05) is 0 Å². The van der Waals surface area contributed by atoms with Crippen LogP contribution < -0.4 is 0 Å². The molecule has 0 bridgehead atoms. The van der Waals surface area contributed by atoms with E-state index in [1.807, 2.05) is 0 Å². The van der Waals surface area contributed by atoms with Gasteiger partial charge in [-0.1, -0.05) is 103 Å². The van der Waals surface area contributed by atoms with Gasteiger partial charge in [-0.3, -0.25) is 4.40 Å². The maximum absolute atomic E-state index is 5.44. The second kappa shape index (κ2) is 9.09. The smallest absolute Gasteiger partial charge is 0.147 e. The van der Waals surface area contributed by atoms with Crippen LogP contribution in [-0.4, -0.2) is 18.5 Å². The SMILES string of the molecule is c1ccc(-n2c3ccccc3c3c4c(ccc32)c2ccc3c5ccccc5n(-c5ccccc5)c3c2n2c3ccccc3nc42)cc1. The minimum atomic E-state index is 0.979. The molecule has 4 nitrogen and oxygen atoms in total. The molecule has 0 N–H and O–H groups in total. The predicted octanol–water partition coefficient (Wildman–Crippen LogP) is 11.0. The van der Waals surface area contributed by atoms with Crippen molar-refractivity contribution in [2.45, 2.75) is 0 Å². The average Bonchev–Trinajstić information content (AvgIpc) is 3.80. The molecular formula is C43H26N4. The third kappa shape index (κ3) is 3.19. The molecule has 4 aromatic heterocycles. The molecule has 4 heterocycles. The molecule has 0 unspecified atom stereocenters. The van der Waals surface area contributed by atoms with Gasteiger partial charge in [0.1, 0.15) is 5.65 Å². The first-order valence-electron chi connectivity index (χ1n) is 16.1. The number of hydrogen-bond donors (Lipinski definition) is 0. The van der Waals surface area contributed by atoms with Gasteiger partial charge in [0.25, 0.3) is 0 Å². The van der Waals surface area contributed by atoms with Gasteiger partial charge in [0.2, 0.25) is 0 Å². The second-order valence-electron chi connectivity index (χ2n) is 12.4. The van der Waals surface area contributed by atoms with Crippen LogP contribution in [0.15, 0.2) is 158 Å². The van der Waals surface area contributed by atoms with Gasteiger partial charge < -0.3 is 9.13 Å². The largest absolute Gasteiger partial charge is 0.309 e. The van der Waals surface area contributed by atoms with E-state index in [1.165, 1.54) is 65.3 Å². The molecule has 11 aromatic rings. The number of aromatic nitrogens is 4. The van der Waals surface area contributed by atoms with E-state index in [0.717, 1.165) is 28.1 Å². The first-order valence-corrected chi connectivity index (χ1v) is 16.1. The fraction of sp³-hybridized carbons (Fsp3) is 0. The van der Waals surface area contributed by atoms with Crippen LogP contribution in [0.4, 0.5) is 0 Å². The summed E-state index contributed by atoms with van der Waals surface area (Å²) in [7, 11) is 0. The quantitative estimate of drug-likeness (QED) is 0.182. The lowest BCUT2D eigenvalue weighted by molar-refractivity contribution is 1.18. The molecule has 0 amide bonds. The third-order valence-electron chi connectivity index (χ3n) is 9.98. The summed E-state index contributed by atoms with van der Waals surface area (Å²) in [5.41, 5.74) is 11.3. The maximum Gasteiger partial charge on any atom is 0.147 e. The molecule has 4 heteroatoms. The van der Waals surface area contributed by atoms with Crippen LogP contribution >= 0.6 is 0 Å². The number of nitrogens with zero attached hydrogens (tertiary/aromatic N) is 4. The van der Waals surface area contributed by atoms with Gasteiger partial charge in [-0.2, -0.15) is 0 Å². The Balaban J connectivity index is 1.45. The molecule has 0 saturated carbocycles. The van der Waals surface area contributed by atoms with Crippen LogP contribution in [-0.2, 0) is 0 Å². The van der Waals surface area contributed by atoms with E-state index in [-0.39, 0.29) is 0 Å². The molecule has 0 aliphatic heterocycles. The first-order chi connectivity index (χ1) is 23.4. The van der Waals surface area contributed by atoms with Crippen molar-refractivity contribution in [1.29, 1.82) is 0 Å². The highest BCUT2D eigenvalue weighted by atomic mass is 15.1. The molecule has 0 aliphatic carbocycles. The van der Waals surface area contributed by atoms with E-state index in [0.29, 0.717) is 0 Å². The normalized spacial score (nSPS) is 12.3. The minimum Gasteiger partial charge on any atom is -0.309 e. The topological polar surface area (TPSA) is 27.2 Å². The monoisotopic (exact) mass is 598 g/mol. The summed E-state index contributed by atoms with van der Waals surface area (Å²) in [5.74, 6) is 0. The fourth-order valence-corrected chi connectivity index (χ4v) is 8.12. The van der Waals surface area contributed by atoms with Crippen LogP contribution in [0.5, 0.6) is 0 Å². The number of imidazole rings is 1. The summed E-state index contributed by atoms with van der Waals surface area (Å²) < 4.78 is 7.26. The van der Waals surface area contributed by atoms with E-state index >= 15 is 0 Å². The van der Waals surface area contributed by atoms with Gasteiger partial charge in [-0.15, -0.1) is 0 Å². The van der Waals surface area contributed by atoms with Crippen LogP contribution in [0, 0.1) is 0 Å². The zero-order valence-corrected chi connectivity index (χ0v) is 25.3. The van der Waals surface area contributed by atoms with Crippen molar-refractivity contribution < 1.29 is 0 Å². The van der Waals surface area contributed by atoms with Crippen molar-refractivity contribution in [3.05, 3.63) is 158 Å². The maximum atomic E-state index is 5.44. The van der Waals surface area contributed by atoms with Crippen LogP contribution in [0.3, 0.4) is 0 Å². The Hall–Kier alpha value is -6.39. The Morgan fingerprint density at radius 2 is 0.894 bits per heavy atom. The summed E-state index contributed by atoms with van der Waals surface area (Å²) >= 11 is 0. The van der Waals surface area contributed by atoms with Crippen molar-refractivity contribution in [2.24, 2.45) is 0 Å². The van der Waals surface area contributed by atoms with Gasteiger partial charge in [0, 0.05) is 43.7 Å². The fourth-order valence-electron chi connectivity index (χ4n) is 8.12. The Labute approximate surface area is 268 Å². The Bertz CT molecular complexity index is 3050. The Morgan fingerprint density at radius 1 is 0.340 bits per heavy atom. The summed E-state index contributed by atoms with van der Waals surface area (Å²) in [6.07, 6.45) is 0. The predicted molar refractivity (Wildman–Crippen MR) is 196 cm³/mol. The third-order valence-corrected chi connectivity index (χ3v) is 9.98. The average molecular weight is 599 g/mol. The van der Waals surface area contributed by atoms with E-state index in [4.69, 9.17) is 4.98 Å². The summed E-state index contributed by atoms with van der Waals surface area (Å²) in [4.78, 5) is 5.44. The minimum absolute atomic E-state index is 0.979. The van der Waals surface area contributed by atoms with Crippen molar-refractivity contribution in [3.8, 4) is 11.4 Å². The summed E-state index contributed by atoms with van der Waals surface area (Å²) in [5, 5.41) is 8.53. The molecule has 0 atom stereocenters. The molecule has 47 heavy (non-hydrogen) atoms. The number of hydrogen-bond acceptors (Lipinski definition) is 1. The summed E-state index contributed by atoms with van der Waals surface area (Å²) in [6.45, 7) is 0. The van der Waals surface area contributed by atoms with E-state index < -0.39 is 0 Å². The van der Waals surface area contributed by atoms with Crippen molar-refractivity contribution in [1.82, 2.24) is 18.5 Å². The van der Waals surface area contributed by atoms with Gasteiger partial charge >= 0.3 is 0 Å². The standard InChI is InChI=1S/C43H26N4/c1-3-13-27(14-4-1)45-36-21-11-8-18-33(36)39-38(45)26-25-30-32-24-23-31-29-17-7-10-20-35(29)46(28-15-5-2-6-16-28)41(31)42(32)47-37-22-12-9-19-34(37)44-43(47)40(30)39/h1-26H. The van der Waals surface area contributed by atoms with Gasteiger partial charge in [0.05, 0.1) is 38.6 Å². The van der Waals surface area contributed by atoms with E-state index in [2.05, 4.69) is 171 Å². The Morgan fingerprint density at radius 3 is 1.64 bits per heavy atom. The summed E-state index contributed by atoms with van der Waals surface area (Å²) in [6, 6.07) is 56.8. The molecule has 0 spiro atoms. The lowest BCUT2D eigenvalue weighted by atomic mass is 9.99. The number of fused-ring (bicyclic) bond motifs is 16. The molecule has 218 valence electrons. The molecule has 0 saturated heterocycles. The molecule has 7 aromatic carbocycles. The lowest BCUT2D eigenvalue weighted by Gasteiger charge is -2.15. The van der Waals surface area contributed by atoms with Crippen molar-refractivity contribution in [3.63, 3.8) is 0 Å². The van der Waals surface area contributed by atoms with E-state index in [9.17, 15) is 0 Å². The van der Waals surface area contributed by atoms with E-state index in [1.54, 1.807) is 0 Å². The van der Waals surface area contributed by atoms with Crippen LogP contribution in [0.2, 0.25) is 0 Å². The highest BCUT2D eigenvalue weighted by Gasteiger charge is 2.24. The van der Waals surface area contributed by atoms with Gasteiger partial charge in [-0.05, 0) is 60.0 Å². The van der Waals surface area contributed by atoms with Gasteiger partial charge in [0.15, 0.2) is 0 Å². The van der Waals surface area contributed by atoms with Crippen molar-refractivity contribution >= 4 is 82.0 Å². The number of rotatable bonds is 2. The Kier molecular flexibility index (Phi) is 4.81. The zero-order valence-electron chi connectivity index (χ0n) is 25.3. The zero-order chi connectivity index (χ0) is 30.6. The molecule has 0 aliphatic rings. The van der Waals surface area contributed by atoms with Crippen LogP contribution in [0.25, 0.3) is 93.3 Å². The lowest BCUT2D eigenvalue weighted by Crippen LogP contribution is -1.98. The number of benzene rings is 7. The first kappa shape index (κ1) is 24.9. The highest BCUT2D eigenvalue weighted by molar-refractivity contribution is 6.32. The number of pyridine rings is 1.